The lowest BCUT2D eigenvalue weighted by Crippen LogP contribution is -2.51. The number of amides is 1. The summed E-state index contributed by atoms with van der Waals surface area (Å²) < 4.78 is 8.39. The Balaban J connectivity index is 1.29. The van der Waals surface area contributed by atoms with Crippen LogP contribution in [-0.4, -0.2) is 59.4 Å². The van der Waals surface area contributed by atoms with Crippen LogP contribution in [-0.2, 0) is 7.05 Å². The molecule has 1 aliphatic carbocycles. The molecule has 1 saturated heterocycles. The Hall–Kier alpha value is -2.42. The SMILES string of the molecule is Cn1ncc(C(=O)N2CCC3(CC2)CC(O)c2nn(C4CCCC4)cc2O3)n1. The van der Waals surface area contributed by atoms with Gasteiger partial charge in [-0.3, -0.25) is 9.48 Å². The standard InChI is InChI=1S/C19H26N6O3/c1-23-20-11-14(21-23)18(27)24-8-6-19(7-9-24)10-15(26)17-16(28-19)12-25(22-17)13-4-2-3-5-13/h11-13,15,26H,2-10H2,1H3. The molecule has 2 fully saturated rings. The first-order valence-corrected chi connectivity index (χ1v) is 10.1. The molecular weight excluding hydrogens is 360 g/mol. The van der Waals surface area contributed by atoms with Crippen LogP contribution < -0.4 is 4.74 Å². The summed E-state index contributed by atoms with van der Waals surface area (Å²) in [6, 6.07) is 0.420. The van der Waals surface area contributed by atoms with Gasteiger partial charge in [0.05, 0.1) is 18.4 Å². The number of aromatic nitrogens is 5. The Bertz CT molecular complexity index is 876. The first-order valence-electron chi connectivity index (χ1n) is 10.1. The number of ether oxygens (including phenoxy) is 1. The monoisotopic (exact) mass is 386 g/mol. The Morgan fingerprint density at radius 2 is 2.00 bits per heavy atom. The van der Waals surface area contributed by atoms with Gasteiger partial charge in [-0.1, -0.05) is 12.8 Å². The maximum absolute atomic E-state index is 12.6. The van der Waals surface area contributed by atoms with Gasteiger partial charge in [0.1, 0.15) is 17.4 Å². The maximum Gasteiger partial charge on any atom is 0.276 e. The van der Waals surface area contributed by atoms with E-state index in [1.54, 1.807) is 11.9 Å². The zero-order valence-electron chi connectivity index (χ0n) is 16.1. The van der Waals surface area contributed by atoms with Crippen molar-refractivity contribution < 1.29 is 14.6 Å². The van der Waals surface area contributed by atoms with E-state index in [0.717, 1.165) is 12.8 Å². The second kappa shape index (κ2) is 6.58. The van der Waals surface area contributed by atoms with Crippen molar-refractivity contribution in [2.24, 2.45) is 7.05 Å². The van der Waals surface area contributed by atoms with Gasteiger partial charge in [-0.15, -0.1) is 5.10 Å². The number of carbonyl (C=O) groups is 1. The predicted octanol–water partition coefficient (Wildman–Crippen LogP) is 1.62. The van der Waals surface area contributed by atoms with Gasteiger partial charge in [0, 0.05) is 39.4 Å². The molecule has 0 bridgehead atoms. The molecule has 0 aromatic carbocycles. The third kappa shape index (κ3) is 2.97. The van der Waals surface area contributed by atoms with E-state index in [-0.39, 0.29) is 5.91 Å². The van der Waals surface area contributed by atoms with E-state index < -0.39 is 11.7 Å². The van der Waals surface area contributed by atoms with Crippen LogP contribution in [0, 0.1) is 0 Å². The van der Waals surface area contributed by atoms with E-state index in [1.807, 2.05) is 10.9 Å². The minimum atomic E-state index is -0.617. The second-order valence-electron chi connectivity index (χ2n) is 8.31. The van der Waals surface area contributed by atoms with Crippen LogP contribution in [0.2, 0.25) is 0 Å². The molecule has 1 unspecified atom stereocenters. The van der Waals surface area contributed by atoms with Crippen LogP contribution in [0.3, 0.4) is 0 Å². The average molecular weight is 386 g/mol. The number of hydrogen-bond donors (Lipinski definition) is 1. The van der Waals surface area contributed by atoms with E-state index in [4.69, 9.17) is 4.74 Å². The Morgan fingerprint density at radius 3 is 2.68 bits per heavy atom. The van der Waals surface area contributed by atoms with Crippen molar-refractivity contribution >= 4 is 5.91 Å². The number of nitrogens with zero attached hydrogens (tertiary/aromatic N) is 6. The van der Waals surface area contributed by atoms with E-state index in [2.05, 4.69) is 15.3 Å². The topological polar surface area (TPSA) is 98.3 Å². The molecule has 2 aliphatic heterocycles. The van der Waals surface area contributed by atoms with E-state index in [1.165, 1.54) is 23.8 Å². The minimum absolute atomic E-state index is 0.103. The number of aliphatic hydroxyl groups excluding tert-OH is 1. The molecule has 9 heteroatoms. The highest BCUT2D eigenvalue weighted by Crippen LogP contribution is 2.44. The third-order valence-corrected chi connectivity index (χ3v) is 6.41. The summed E-state index contributed by atoms with van der Waals surface area (Å²) >= 11 is 0. The Kier molecular flexibility index (Phi) is 4.15. The van der Waals surface area contributed by atoms with Crippen LogP contribution in [0.4, 0.5) is 0 Å². The summed E-state index contributed by atoms with van der Waals surface area (Å²) in [4.78, 5) is 15.8. The molecule has 2 aromatic rings. The van der Waals surface area contributed by atoms with Crippen molar-refractivity contribution in [2.45, 2.75) is 62.7 Å². The molecule has 1 amide bonds. The molecule has 5 rings (SSSR count). The quantitative estimate of drug-likeness (QED) is 0.842. The van der Waals surface area contributed by atoms with Gasteiger partial charge in [-0.2, -0.15) is 15.0 Å². The minimum Gasteiger partial charge on any atom is -0.483 e. The van der Waals surface area contributed by atoms with Crippen molar-refractivity contribution in [2.75, 3.05) is 13.1 Å². The van der Waals surface area contributed by atoms with Crippen molar-refractivity contribution in [3.05, 3.63) is 23.8 Å². The van der Waals surface area contributed by atoms with Crippen molar-refractivity contribution in [3.63, 3.8) is 0 Å². The lowest BCUT2D eigenvalue weighted by atomic mass is 9.83. The number of aryl methyl sites for hydroxylation is 1. The molecule has 2 aromatic heterocycles. The lowest BCUT2D eigenvalue weighted by molar-refractivity contribution is -0.0505. The fraction of sp³-hybridized carbons (Fsp3) is 0.684. The summed E-state index contributed by atoms with van der Waals surface area (Å²) in [7, 11) is 1.70. The molecule has 1 spiro atoms. The molecule has 0 radical (unpaired) electrons. The zero-order valence-corrected chi connectivity index (χ0v) is 16.1. The molecule has 4 heterocycles. The first-order chi connectivity index (χ1) is 13.5. The zero-order chi connectivity index (χ0) is 19.3. The molecule has 28 heavy (non-hydrogen) atoms. The van der Waals surface area contributed by atoms with E-state index >= 15 is 0 Å². The van der Waals surface area contributed by atoms with Crippen LogP contribution >= 0.6 is 0 Å². The highest BCUT2D eigenvalue weighted by molar-refractivity contribution is 5.92. The number of hydrogen-bond acceptors (Lipinski definition) is 6. The lowest BCUT2D eigenvalue weighted by Gasteiger charge is -2.44. The van der Waals surface area contributed by atoms with Gasteiger partial charge in [0.25, 0.3) is 5.91 Å². The number of rotatable bonds is 2. The van der Waals surface area contributed by atoms with Gasteiger partial charge in [-0.25, -0.2) is 0 Å². The number of aliphatic hydroxyl groups is 1. The Morgan fingerprint density at radius 1 is 1.25 bits per heavy atom. The van der Waals surface area contributed by atoms with E-state index in [0.29, 0.717) is 55.5 Å². The van der Waals surface area contributed by atoms with Crippen LogP contribution in [0.15, 0.2) is 12.4 Å². The fourth-order valence-corrected chi connectivity index (χ4v) is 4.81. The van der Waals surface area contributed by atoms with Gasteiger partial charge >= 0.3 is 0 Å². The fourth-order valence-electron chi connectivity index (χ4n) is 4.81. The summed E-state index contributed by atoms with van der Waals surface area (Å²) in [6.45, 7) is 1.16. The summed E-state index contributed by atoms with van der Waals surface area (Å²) in [5, 5.41) is 23.5. The van der Waals surface area contributed by atoms with Gasteiger partial charge in [-0.05, 0) is 12.8 Å². The van der Waals surface area contributed by atoms with Crippen molar-refractivity contribution in [3.8, 4) is 5.75 Å². The normalized spacial score (nSPS) is 24.4. The summed E-state index contributed by atoms with van der Waals surface area (Å²) in [5.41, 5.74) is 0.591. The van der Waals surface area contributed by atoms with Gasteiger partial charge in [0.15, 0.2) is 11.4 Å². The highest BCUT2D eigenvalue weighted by atomic mass is 16.5. The summed E-state index contributed by atoms with van der Waals surface area (Å²) in [5.74, 6) is 0.605. The molecule has 3 aliphatic rings. The molecule has 1 saturated carbocycles. The van der Waals surface area contributed by atoms with Crippen LogP contribution in [0.25, 0.3) is 0 Å². The van der Waals surface area contributed by atoms with Crippen molar-refractivity contribution in [1.82, 2.24) is 29.7 Å². The smallest absolute Gasteiger partial charge is 0.276 e. The maximum atomic E-state index is 12.6. The average Bonchev–Trinajstić information content (AvgIpc) is 3.41. The van der Waals surface area contributed by atoms with Crippen molar-refractivity contribution in [1.29, 1.82) is 0 Å². The van der Waals surface area contributed by atoms with Gasteiger partial charge < -0.3 is 14.7 Å². The second-order valence-corrected chi connectivity index (χ2v) is 8.31. The predicted molar refractivity (Wildman–Crippen MR) is 98.8 cm³/mol. The summed E-state index contributed by atoms with van der Waals surface area (Å²) in [6.07, 6.45) is 9.49. The third-order valence-electron chi connectivity index (χ3n) is 6.41. The molecule has 1 atom stereocenters. The number of piperidine rings is 1. The number of fused-ring (bicyclic) bond motifs is 1. The molecular formula is C19H26N6O3. The molecule has 150 valence electrons. The first kappa shape index (κ1) is 17.7. The van der Waals surface area contributed by atoms with Gasteiger partial charge in [0.2, 0.25) is 0 Å². The number of carbonyl (C=O) groups excluding carboxylic acids is 1. The molecule has 9 nitrogen and oxygen atoms in total. The largest absolute Gasteiger partial charge is 0.483 e. The van der Waals surface area contributed by atoms with Crippen LogP contribution in [0.5, 0.6) is 5.75 Å². The Labute approximate surface area is 163 Å². The highest BCUT2D eigenvalue weighted by Gasteiger charge is 2.45. The van der Waals surface area contributed by atoms with E-state index in [9.17, 15) is 9.90 Å². The molecule has 1 N–H and O–H groups in total. The number of likely N-dealkylation sites (tertiary alicyclic amines) is 1. The van der Waals surface area contributed by atoms with Crippen LogP contribution in [0.1, 0.15) is 73.3 Å².